The Kier molecular flexibility index (Phi) is 7.90. The van der Waals surface area contributed by atoms with Crippen molar-refractivity contribution < 1.29 is 13.2 Å². The zero-order valence-electron chi connectivity index (χ0n) is 20.9. The van der Waals surface area contributed by atoms with E-state index in [1.165, 1.54) is 18.4 Å². The van der Waals surface area contributed by atoms with Gasteiger partial charge in [0, 0.05) is 51.0 Å². The standard InChI is InChI=1S/C24H35N7O3S/c1-18(2)21-17-26-31-23(27-19-6-8-20(9-7-19)35(32,33)29(3)4)16-22(28-24(21)31)25-10-5-11-30-12-14-34-15-13-30/h6-9,16-18,27H,5,10-15H2,1-4H3,(H,25,28). The maximum Gasteiger partial charge on any atom is 0.242 e. The average Bonchev–Trinajstić information content (AvgIpc) is 3.27. The van der Waals surface area contributed by atoms with E-state index < -0.39 is 10.0 Å². The molecule has 11 heteroatoms. The van der Waals surface area contributed by atoms with Crippen molar-refractivity contribution in [1.29, 1.82) is 0 Å². The van der Waals surface area contributed by atoms with Crippen molar-refractivity contribution in [2.24, 2.45) is 0 Å². The topological polar surface area (TPSA) is 104 Å². The molecule has 1 aromatic carbocycles. The van der Waals surface area contributed by atoms with E-state index in [9.17, 15) is 8.42 Å². The van der Waals surface area contributed by atoms with Gasteiger partial charge in [0.25, 0.3) is 0 Å². The van der Waals surface area contributed by atoms with Crippen LogP contribution in [0.2, 0.25) is 0 Å². The van der Waals surface area contributed by atoms with Gasteiger partial charge in [0.15, 0.2) is 5.65 Å². The second-order valence-corrected chi connectivity index (χ2v) is 11.3. The van der Waals surface area contributed by atoms with Gasteiger partial charge in [-0.25, -0.2) is 17.7 Å². The van der Waals surface area contributed by atoms with Crippen LogP contribution in [0.4, 0.5) is 17.3 Å². The fraction of sp³-hybridized carbons (Fsp3) is 0.500. The molecule has 0 spiro atoms. The molecule has 1 aliphatic heterocycles. The van der Waals surface area contributed by atoms with Crippen LogP contribution in [0.1, 0.15) is 31.7 Å². The molecule has 10 nitrogen and oxygen atoms in total. The molecule has 4 rings (SSSR count). The molecule has 1 aliphatic rings. The monoisotopic (exact) mass is 501 g/mol. The van der Waals surface area contributed by atoms with E-state index in [1.54, 1.807) is 28.8 Å². The zero-order valence-corrected chi connectivity index (χ0v) is 21.7. The van der Waals surface area contributed by atoms with Gasteiger partial charge >= 0.3 is 0 Å². The quantitative estimate of drug-likeness (QED) is 0.409. The van der Waals surface area contributed by atoms with Crippen molar-refractivity contribution in [3.05, 3.63) is 42.1 Å². The molecule has 1 fully saturated rings. The first kappa shape index (κ1) is 25.4. The average molecular weight is 502 g/mol. The first-order chi connectivity index (χ1) is 16.8. The van der Waals surface area contributed by atoms with Crippen molar-refractivity contribution in [3.63, 3.8) is 0 Å². The van der Waals surface area contributed by atoms with E-state index in [4.69, 9.17) is 9.72 Å². The van der Waals surface area contributed by atoms with Crippen molar-refractivity contribution in [2.75, 3.05) is 64.1 Å². The highest BCUT2D eigenvalue weighted by Crippen LogP contribution is 2.26. The van der Waals surface area contributed by atoms with Crippen LogP contribution in [0.15, 0.2) is 41.4 Å². The van der Waals surface area contributed by atoms with Gasteiger partial charge in [0.2, 0.25) is 10.0 Å². The van der Waals surface area contributed by atoms with Crippen LogP contribution in [0.5, 0.6) is 0 Å². The molecule has 1 saturated heterocycles. The van der Waals surface area contributed by atoms with Crippen molar-refractivity contribution >= 4 is 33.0 Å². The van der Waals surface area contributed by atoms with Crippen molar-refractivity contribution in [2.45, 2.75) is 31.1 Å². The number of aromatic nitrogens is 3. The first-order valence-electron chi connectivity index (χ1n) is 12.0. The van der Waals surface area contributed by atoms with Gasteiger partial charge in [0.05, 0.1) is 24.3 Å². The maximum atomic E-state index is 12.4. The van der Waals surface area contributed by atoms with Gasteiger partial charge in [-0.05, 0) is 43.1 Å². The summed E-state index contributed by atoms with van der Waals surface area (Å²) in [6, 6.07) is 8.65. The van der Waals surface area contributed by atoms with Gasteiger partial charge < -0.3 is 15.4 Å². The Morgan fingerprint density at radius 3 is 2.51 bits per heavy atom. The fourth-order valence-corrected chi connectivity index (χ4v) is 4.88. The number of sulfonamides is 1. The number of nitrogens with one attached hydrogen (secondary N) is 2. The summed E-state index contributed by atoms with van der Waals surface area (Å²) in [4.78, 5) is 7.51. The third-order valence-corrected chi connectivity index (χ3v) is 7.92. The summed E-state index contributed by atoms with van der Waals surface area (Å²) >= 11 is 0. The molecule has 2 N–H and O–H groups in total. The number of nitrogens with zero attached hydrogens (tertiary/aromatic N) is 5. The van der Waals surface area contributed by atoms with Gasteiger partial charge in [-0.1, -0.05) is 13.8 Å². The Balaban J connectivity index is 1.53. The molecule has 190 valence electrons. The maximum absolute atomic E-state index is 12.4. The van der Waals surface area contributed by atoms with Crippen LogP contribution in [0.3, 0.4) is 0 Å². The molecule has 3 heterocycles. The minimum atomic E-state index is -3.48. The lowest BCUT2D eigenvalue weighted by atomic mass is 10.1. The molecule has 0 amide bonds. The van der Waals surface area contributed by atoms with E-state index in [2.05, 4.69) is 34.5 Å². The number of rotatable bonds is 10. The van der Waals surface area contributed by atoms with Crippen molar-refractivity contribution in [3.8, 4) is 0 Å². The summed E-state index contributed by atoms with van der Waals surface area (Å²) in [6.45, 7) is 9.67. The Bertz CT molecular complexity index is 1230. The summed E-state index contributed by atoms with van der Waals surface area (Å²) in [5.41, 5.74) is 2.62. The van der Waals surface area contributed by atoms with Crippen LogP contribution < -0.4 is 10.6 Å². The number of ether oxygens (including phenoxy) is 1. The van der Waals surface area contributed by atoms with Crippen molar-refractivity contribution in [1.82, 2.24) is 23.8 Å². The second kappa shape index (κ2) is 10.9. The molecule has 35 heavy (non-hydrogen) atoms. The molecule has 0 aliphatic carbocycles. The van der Waals surface area contributed by atoms with Gasteiger partial charge in [0.1, 0.15) is 11.6 Å². The predicted octanol–water partition coefficient (Wildman–Crippen LogP) is 2.98. The van der Waals surface area contributed by atoms with Crippen LogP contribution in [-0.2, 0) is 14.8 Å². The van der Waals surface area contributed by atoms with Gasteiger partial charge in [-0.3, -0.25) is 4.90 Å². The first-order valence-corrected chi connectivity index (χ1v) is 13.4. The predicted molar refractivity (Wildman–Crippen MR) is 138 cm³/mol. The fourth-order valence-electron chi connectivity index (χ4n) is 3.98. The highest BCUT2D eigenvalue weighted by Gasteiger charge is 2.18. The summed E-state index contributed by atoms with van der Waals surface area (Å²) in [6.07, 6.45) is 2.86. The van der Waals surface area contributed by atoms with Gasteiger partial charge in [-0.15, -0.1) is 0 Å². The van der Waals surface area contributed by atoms with Crippen LogP contribution in [0.25, 0.3) is 5.65 Å². The number of anilines is 3. The molecular formula is C24H35N7O3S. The molecule has 0 radical (unpaired) electrons. The van der Waals surface area contributed by atoms with E-state index >= 15 is 0 Å². The Hall–Kier alpha value is -2.73. The highest BCUT2D eigenvalue weighted by atomic mass is 32.2. The zero-order chi connectivity index (χ0) is 25.0. The summed E-state index contributed by atoms with van der Waals surface area (Å²) in [5.74, 6) is 1.80. The number of morpholine rings is 1. The van der Waals surface area contributed by atoms with Crippen LogP contribution in [-0.4, -0.2) is 85.7 Å². The molecule has 0 atom stereocenters. The van der Waals surface area contributed by atoms with Crippen LogP contribution in [0, 0.1) is 0 Å². The lowest BCUT2D eigenvalue weighted by molar-refractivity contribution is 0.0378. The third kappa shape index (κ3) is 5.92. The molecule has 0 bridgehead atoms. The Morgan fingerprint density at radius 1 is 1.14 bits per heavy atom. The lowest BCUT2D eigenvalue weighted by Crippen LogP contribution is -2.37. The molecule has 0 unspecified atom stereocenters. The minimum Gasteiger partial charge on any atom is -0.379 e. The largest absolute Gasteiger partial charge is 0.379 e. The minimum absolute atomic E-state index is 0.247. The normalized spacial score (nSPS) is 15.3. The summed E-state index contributed by atoms with van der Waals surface area (Å²) < 4.78 is 33.2. The number of hydrogen-bond donors (Lipinski definition) is 2. The molecule has 3 aromatic rings. The number of benzene rings is 1. The van der Waals surface area contributed by atoms with E-state index in [-0.39, 0.29) is 10.8 Å². The third-order valence-electron chi connectivity index (χ3n) is 6.09. The molecular weight excluding hydrogens is 466 g/mol. The van der Waals surface area contributed by atoms with E-state index in [0.717, 1.165) is 74.3 Å². The lowest BCUT2D eigenvalue weighted by Gasteiger charge is -2.26. The smallest absolute Gasteiger partial charge is 0.242 e. The second-order valence-electron chi connectivity index (χ2n) is 9.19. The molecule has 0 saturated carbocycles. The molecule has 2 aromatic heterocycles. The highest BCUT2D eigenvalue weighted by molar-refractivity contribution is 7.89. The van der Waals surface area contributed by atoms with Gasteiger partial charge in [-0.2, -0.15) is 9.61 Å². The number of fused-ring (bicyclic) bond motifs is 1. The van der Waals surface area contributed by atoms with Crippen LogP contribution >= 0.6 is 0 Å². The Morgan fingerprint density at radius 2 is 1.86 bits per heavy atom. The number of hydrogen-bond acceptors (Lipinski definition) is 8. The summed E-state index contributed by atoms with van der Waals surface area (Å²) in [7, 11) is -0.433. The summed E-state index contributed by atoms with van der Waals surface area (Å²) in [5, 5.41) is 11.4. The van der Waals surface area contributed by atoms with E-state index in [1.807, 2.05) is 12.3 Å². The van der Waals surface area contributed by atoms with E-state index in [0.29, 0.717) is 0 Å². The SMILES string of the molecule is CC(C)c1cnn2c(Nc3ccc(S(=O)(=O)N(C)C)cc3)cc(NCCCN3CCOCC3)nc12. The Labute approximate surface area is 207 Å².